The number of aromatic nitrogens is 1. The van der Waals surface area contributed by atoms with Crippen molar-refractivity contribution < 1.29 is 0 Å². The quantitative estimate of drug-likeness (QED) is 0.903. The number of benzene rings is 1. The lowest BCUT2D eigenvalue weighted by Gasteiger charge is -2.08. The second-order valence-corrected chi connectivity index (χ2v) is 5.56. The maximum atomic E-state index is 5.57. The van der Waals surface area contributed by atoms with Crippen LogP contribution in [0.4, 0.5) is 0 Å². The third-order valence-corrected chi connectivity index (χ3v) is 3.91. The van der Waals surface area contributed by atoms with Crippen molar-refractivity contribution in [3.63, 3.8) is 0 Å². The molecule has 1 heterocycles. The predicted octanol–water partition coefficient (Wildman–Crippen LogP) is 3.24. The molecule has 17 heavy (non-hydrogen) atoms. The van der Waals surface area contributed by atoms with Crippen molar-refractivity contribution >= 4 is 11.3 Å². The van der Waals surface area contributed by atoms with Crippen LogP contribution < -0.4 is 5.73 Å². The van der Waals surface area contributed by atoms with Crippen LogP contribution in [0.25, 0.3) is 10.6 Å². The van der Waals surface area contributed by atoms with Crippen LogP contribution >= 0.6 is 11.3 Å². The van der Waals surface area contributed by atoms with Gasteiger partial charge in [-0.15, -0.1) is 11.3 Å². The highest BCUT2D eigenvalue weighted by molar-refractivity contribution is 7.15. The Morgan fingerprint density at radius 1 is 1.18 bits per heavy atom. The number of nitrogens with two attached hydrogens (primary N) is 1. The number of aryl methyl sites for hydroxylation is 3. The average Bonchev–Trinajstić information content (AvgIpc) is 2.65. The Hall–Kier alpha value is -1.19. The molecular weight excluding hydrogens is 228 g/mol. The van der Waals surface area contributed by atoms with E-state index in [1.807, 2.05) is 6.20 Å². The molecule has 0 bridgehead atoms. The normalized spacial score (nSPS) is 10.8. The number of hydrogen-bond donors (Lipinski definition) is 1. The van der Waals surface area contributed by atoms with Gasteiger partial charge in [0.05, 0.1) is 0 Å². The molecule has 1 aromatic heterocycles. The molecule has 0 aliphatic carbocycles. The molecule has 90 valence electrons. The Balaban J connectivity index is 2.45. The standard InChI is InChI=1S/C14H18N2S/c1-9-6-10(2)13(11(3)7-9)14-16-8-12(17-14)4-5-15/h6-8H,4-5,15H2,1-3H3. The molecule has 0 spiro atoms. The van der Waals surface area contributed by atoms with Crippen LogP contribution in [0.15, 0.2) is 18.3 Å². The molecule has 0 unspecified atom stereocenters. The zero-order valence-corrected chi connectivity index (χ0v) is 11.4. The summed E-state index contributed by atoms with van der Waals surface area (Å²) >= 11 is 1.75. The van der Waals surface area contributed by atoms with Crippen LogP contribution in [0.3, 0.4) is 0 Å². The fourth-order valence-electron chi connectivity index (χ4n) is 2.20. The maximum absolute atomic E-state index is 5.57. The topological polar surface area (TPSA) is 38.9 Å². The van der Waals surface area contributed by atoms with Gasteiger partial charge >= 0.3 is 0 Å². The first-order valence-corrected chi connectivity index (χ1v) is 6.66. The third-order valence-electron chi connectivity index (χ3n) is 2.84. The summed E-state index contributed by atoms with van der Waals surface area (Å²) in [5.41, 5.74) is 10.8. The van der Waals surface area contributed by atoms with Crippen LogP contribution in [0.2, 0.25) is 0 Å². The molecule has 0 fully saturated rings. The van der Waals surface area contributed by atoms with Crippen molar-refractivity contribution in [1.82, 2.24) is 4.98 Å². The van der Waals surface area contributed by atoms with Gasteiger partial charge in [0, 0.05) is 16.6 Å². The van der Waals surface area contributed by atoms with Gasteiger partial charge in [-0.05, 0) is 44.9 Å². The van der Waals surface area contributed by atoms with E-state index in [9.17, 15) is 0 Å². The second kappa shape index (κ2) is 4.98. The Kier molecular flexibility index (Phi) is 3.60. The van der Waals surface area contributed by atoms with Gasteiger partial charge in [-0.25, -0.2) is 4.98 Å². The molecule has 0 amide bonds. The van der Waals surface area contributed by atoms with Gasteiger partial charge in [0.1, 0.15) is 5.01 Å². The number of nitrogens with zero attached hydrogens (tertiary/aromatic N) is 1. The predicted molar refractivity (Wildman–Crippen MR) is 74.5 cm³/mol. The lowest BCUT2D eigenvalue weighted by atomic mass is 10.0. The van der Waals surface area contributed by atoms with E-state index >= 15 is 0 Å². The fraction of sp³-hybridized carbons (Fsp3) is 0.357. The Morgan fingerprint density at radius 2 is 1.82 bits per heavy atom. The Morgan fingerprint density at radius 3 is 2.41 bits per heavy atom. The molecule has 2 aromatic rings. The van der Waals surface area contributed by atoms with Crippen molar-refractivity contribution in [3.05, 3.63) is 39.9 Å². The zero-order chi connectivity index (χ0) is 12.4. The second-order valence-electron chi connectivity index (χ2n) is 4.44. The third kappa shape index (κ3) is 2.56. The number of thiazole rings is 1. The Labute approximate surface area is 107 Å². The highest BCUT2D eigenvalue weighted by Gasteiger charge is 2.10. The molecular formula is C14H18N2S. The molecule has 2 rings (SSSR count). The molecule has 1 aromatic carbocycles. The zero-order valence-electron chi connectivity index (χ0n) is 10.6. The van der Waals surface area contributed by atoms with Crippen molar-refractivity contribution in [2.75, 3.05) is 6.54 Å². The van der Waals surface area contributed by atoms with E-state index in [0.717, 1.165) is 11.4 Å². The molecule has 0 aliphatic rings. The van der Waals surface area contributed by atoms with Crippen LogP contribution in [0.5, 0.6) is 0 Å². The highest BCUT2D eigenvalue weighted by Crippen LogP contribution is 2.31. The molecule has 3 heteroatoms. The largest absolute Gasteiger partial charge is 0.330 e. The summed E-state index contributed by atoms with van der Waals surface area (Å²) in [4.78, 5) is 5.78. The maximum Gasteiger partial charge on any atom is 0.124 e. The fourth-order valence-corrected chi connectivity index (χ4v) is 3.30. The first-order chi connectivity index (χ1) is 8.11. The average molecular weight is 246 g/mol. The molecule has 2 N–H and O–H groups in total. The van der Waals surface area contributed by atoms with Gasteiger partial charge in [-0.1, -0.05) is 17.7 Å². The minimum Gasteiger partial charge on any atom is -0.330 e. The van der Waals surface area contributed by atoms with Gasteiger partial charge in [-0.2, -0.15) is 0 Å². The van der Waals surface area contributed by atoms with Crippen molar-refractivity contribution in [3.8, 4) is 10.6 Å². The highest BCUT2D eigenvalue weighted by atomic mass is 32.1. The van der Waals surface area contributed by atoms with Crippen LogP contribution in [0, 0.1) is 20.8 Å². The van der Waals surface area contributed by atoms with E-state index in [1.54, 1.807) is 11.3 Å². The Bertz CT molecular complexity index is 506. The van der Waals surface area contributed by atoms with E-state index in [1.165, 1.54) is 27.1 Å². The van der Waals surface area contributed by atoms with Crippen molar-refractivity contribution in [2.24, 2.45) is 5.73 Å². The van der Waals surface area contributed by atoms with Gasteiger partial charge in [0.2, 0.25) is 0 Å². The molecule has 0 saturated heterocycles. The van der Waals surface area contributed by atoms with Crippen molar-refractivity contribution in [2.45, 2.75) is 27.2 Å². The van der Waals surface area contributed by atoms with Crippen LogP contribution in [-0.4, -0.2) is 11.5 Å². The smallest absolute Gasteiger partial charge is 0.124 e. The molecule has 0 aliphatic heterocycles. The van der Waals surface area contributed by atoms with E-state index in [0.29, 0.717) is 6.54 Å². The van der Waals surface area contributed by atoms with E-state index in [2.05, 4.69) is 37.9 Å². The first kappa shape index (κ1) is 12.3. The first-order valence-electron chi connectivity index (χ1n) is 5.85. The monoisotopic (exact) mass is 246 g/mol. The summed E-state index contributed by atoms with van der Waals surface area (Å²) in [5, 5.41) is 1.11. The van der Waals surface area contributed by atoms with E-state index < -0.39 is 0 Å². The molecule has 0 radical (unpaired) electrons. The van der Waals surface area contributed by atoms with Crippen LogP contribution in [0.1, 0.15) is 21.6 Å². The van der Waals surface area contributed by atoms with Gasteiger partial charge in [0.25, 0.3) is 0 Å². The number of hydrogen-bond acceptors (Lipinski definition) is 3. The van der Waals surface area contributed by atoms with Crippen molar-refractivity contribution in [1.29, 1.82) is 0 Å². The summed E-state index contributed by atoms with van der Waals surface area (Å²) < 4.78 is 0. The van der Waals surface area contributed by atoms with E-state index in [4.69, 9.17) is 5.73 Å². The SMILES string of the molecule is Cc1cc(C)c(-c2ncc(CCN)s2)c(C)c1. The lowest BCUT2D eigenvalue weighted by molar-refractivity contribution is 0.984. The number of rotatable bonds is 3. The van der Waals surface area contributed by atoms with E-state index in [-0.39, 0.29) is 0 Å². The van der Waals surface area contributed by atoms with Gasteiger partial charge in [0.15, 0.2) is 0 Å². The van der Waals surface area contributed by atoms with Gasteiger partial charge in [-0.3, -0.25) is 0 Å². The minimum absolute atomic E-state index is 0.688. The summed E-state index contributed by atoms with van der Waals surface area (Å²) in [7, 11) is 0. The lowest BCUT2D eigenvalue weighted by Crippen LogP contribution is -2.00. The summed E-state index contributed by atoms with van der Waals surface area (Å²) in [6.07, 6.45) is 2.87. The molecule has 0 atom stereocenters. The van der Waals surface area contributed by atoms with Crippen LogP contribution in [-0.2, 0) is 6.42 Å². The summed E-state index contributed by atoms with van der Waals surface area (Å²) in [6.45, 7) is 7.12. The van der Waals surface area contributed by atoms with Gasteiger partial charge < -0.3 is 5.73 Å². The minimum atomic E-state index is 0.688. The molecule has 2 nitrogen and oxygen atoms in total. The summed E-state index contributed by atoms with van der Waals surface area (Å²) in [5.74, 6) is 0. The molecule has 0 saturated carbocycles. The summed E-state index contributed by atoms with van der Waals surface area (Å²) in [6, 6.07) is 4.43.